The van der Waals surface area contributed by atoms with Gasteiger partial charge < -0.3 is 9.84 Å². The second-order valence-corrected chi connectivity index (χ2v) is 3.01. The van der Waals surface area contributed by atoms with Gasteiger partial charge in [-0.15, -0.1) is 0 Å². The summed E-state index contributed by atoms with van der Waals surface area (Å²) in [5, 5.41) is 8.58. The van der Waals surface area contributed by atoms with E-state index < -0.39 is 31.3 Å². The fourth-order valence-corrected chi connectivity index (χ4v) is 1.09. The minimum Gasteiger partial charge on any atom is -0.468 e. The maximum atomic E-state index is 12.1. The average Bonchev–Trinajstić information content (AvgIpc) is 2.13. The molecule has 0 aromatic heterocycles. The first kappa shape index (κ1) is 14.2. The molecule has 0 heterocycles. The van der Waals surface area contributed by atoms with Gasteiger partial charge in [0.05, 0.1) is 20.3 Å². The molecule has 0 spiro atoms. The molecule has 1 atom stereocenters. The SMILES string of the molecule is COC(=O)C(C)N(CCO)CC(F)(F)F. The lowest BCUT2D eigenvalue weighted by molar-refractivity contribution is -0.163. The van der Waals surface area contributed by atoms with Crippen LogP contribution in [0.2, 0.25) is 0 Å². The van der Waals surface area contributed by atoms with E-state index in [2.05, 4.69) is 4.74 Å². The van der Waals surface area contributed by atoms with Crippen LogP contribution in [-0.2, 0) is 9.53 Å². The standard InChI is InChI=1S/C8H14F3NO3/c1-6(7(14)15-2)12(3-4-13)5-8(9,10)11/h6,13H,3-5H2,1-2H3. The number of carbonyl (C=O) groups is 1. The minimum atomic E-state index is -4.41. The monoisotopic (exact) mass is 229 g/mol. The Hall–Kier alpha value is -0.820. The van der Waals surface area contributed by atoms with Crippen LogP contribution in [0, 0.1) is 0 Å². The summed E-state index contributed by atoms with van der Waals surface area (Å²) < 4.78 is 40.6. The highest BCUT2D eigenvalue weighted by molar-refractivity contribution is 5.75. The van der Waals surface area contributed by atoms with Crippen LogP contribution >= 0.6 is 0 Å². The van der Waals surface area contributed by atoms with Gasteiger partial charge in [-0.25, -0.2) is 0 Å². The molecule has 0 aliphatic rings. The Bertz CT molecular complexity index is 208. The van der Waals surface area contributed by atoms with E-state index in [1.165, 1.54) is 6.92 Å². The zero-order valence-corrected chi connectivity index (χ0v) is 8.54. The molecule has 90 valence electrons. The van der Waals surface area contributed by atoms with E-state index >= 15 is 0 Å². The van der Waals surface area contributed by atoms with Crippen molar-refractivity contribution in [2.24, 2.45) is 0 Å². The van der Waals surface area contributed by atoms with Gasteiger partial charge in [0.25, 0.3) is 0 Å². The number of hydrogen-bond donors (Lipinski definition) is 1. The number of aliphatic hydroxyl groups excluding tert-OH is 1. The van der Waals surface area contributed by atoms with E-state index in [1.807, 2.05) is 0 Å². The van der Waals surface area contributed by atoms with Crippen LogP contribution in [0.5, 0.6) is 0 Å². The van der Waals surface area contributed by atoms with E-state index in [4.69, 9.17) is 5.11 Å². The molecule has 0 aromatic carbocycles. The van der Waals surface area contributed by atoms with Gasteiger partial charge in [0.15, 0.2) is 0 Å². The lowest BCUT2D eigenvalue weighted by Crippen LogP contribution is -2.46. The van der Waals surface area contributed by atoms with E-state index in [-0.39, 0.29) is 6.54 Å². The van der Waals surface area contributed by atoms with Crippen LogP contribution in [0.15, 0.2) is 0 Å². The highest BCUT2D eigenvalue weighted by atomic mass is 19.4. The molecule has 0 aliphatic carbocycles. The molecule has 0 aromatic rings. The normalized spacial score (nSPS) is 14.1. The summed E-state index contributed by atoms with van der Waals surface area (Å²) in [4.78, 5) is 11.8. The van der Waals surface area contributed by atoms with Crippen molar-refractivity contribution in [1.29, 1.82) is 0 Å². The smallest absolute Gasteiger partial charge is 0.401 e. The summed E-state index contributed by atoms with van der Waals surface area (Å²) in [6, 6.07) is -1.02. The van der Waals surface area contributed by atoms with E-state index in [1.54, 1.807) is 0 Å². The van der Waals surface area contributed by atoms with Crippen molar-refractivity contribution in [2.75, 3.05) is 26.8 Å². The van der Waals surface area contributed by atoms with Gasteiger partial charge in [-0.05, 0) is 6.92 Å². The van der Waals surface area contributed by atoms with Crippen molar-refractivity contribution in [1.82, 2.24) is 4.90 Å². The van der Waals surface area contributed by atoms with Gasteiger partial charge in [-0.1, -0.05) is 0 Å². The Morgan fingerprint density at radius 3 is 2.40 bits per heavy atom. The van der Waals surface area contributed by atoms with Crippen LogP contribution in [0.1, 0.15) is 6.92 Å². The first-order valence-corrected chi connectivity index (χ1v) is 4.31. The summed E-state index contributed by atoms with van der Waals surface area (Å²) >= 11 is 0. The molecule has 0 saturated carbocycles. The molecule has 0 radical (unpaired) electrons. The molecule has 0 saturated heterocycles. The Labute approximate surface area is 85.6 Å². The number of alkyl halides is 3. The van der Waals surface area contributed by atoms with Crippen molar-refractivity contribution < 1.29 is 27.8 Å². The third-order valence-electron chi connectivity index (χ3n) is 1.86. The fraction of sp³-hybridized carbons (Fsp3) is 0.875. The van der Waals surface area contributed by atoms with Crippen molar-refractivity contribution in [3.8, 4) is 0 Å². The summed E-state index contributed by atoms with van der Waals surface area (Å²) in [6.07, 6.45) is -4.41. The van der Waals surface area contributed by atoms with Crippen molar-refractivity contribution in [3.05, 3.63) is 0 Å². The zero-order valence-electron chi connectivity index (χ0n) is 8.54. The van der Waals surface area contributed by atoms with Crippen LogP contribution in [-0.4, -0.2) is 55.0 Å². The van der Waals surface area contributed by atoms with Crippen LogP contribution in [0.3, 0.4) is 0 Å². The van der Waals surface area contributed by atoms with Gasteiger partial charge in [0.1, 0.15) is 6.04 Å². The maximum absolute atomic E-state index is 12.1. The molecular formula is C8H14F3NO3. The number of ether oxygens (including phenoxy) is 1. The minimum absolute atomic E-state index is 0.226. The van der Waals surface area contributed by atoms with Gasteiger partial charge in [-0.3, -0.25) is 9.69 Å². The van der Waals surface area contributed by atoms with Gasteiger partial charge >= 0.3 is 12.1 Å². The Morgan fingerprint density at radius 2 is 2.07 bits per heavy atom. The van der Waals surface area contributed by atoms with Crippen LogP contribution in [0.25, 0.3) is 0 Å². The van der Waals surface area contributed by atoms with E-state index in [0.29, 0.717) is 0 Å². The Balaban J connectivity index is 4.44. The molecule has 0 rings (SSSR count). The number of hydrogen-bond acceptors (Lipinski definition) is 4. The Kier molecular flexibility index (Phi) is 5.59. The number of aliphatic hydroxyl groups is 1. The molecular weight excluding hydrogens is 215 g/mol. The summed E-state index contributed by atoms with van der Waals surface area (Å²) in [6.45, 7) is -0.621. The fourth-order valence-electron chi connectivity index (χ4n) is 1.09. The number of methoxy groups -OCH3 is 1. The van der Waals surface area contributed by atoms with Crippen LogP contribution < -0.4 is 0 Å². The lowest BCUT2D eigenvalue weighted by atomic mass is 10.3. The molecule has 1 unspecified atom stereocenters. The molecule has 1 N–H and O–H groups in total. The number of carbonyl (C=O) groups excluding carboxylic acids is 1. The zero-order chi connectivity index (χ0) is 12.1. The third-order valence-corrected chi connectivity index (χ3v) is 1.86. The van der Waals surface area contributed by atoms with Gasteiger partial charge in [-0.2, -0.15) is 13.2 Å². The predicted molar refractivity (Wildman–Crippen MR) is 46.2 cm³/mol. The average molecular weight is 229 g/mol. The molecule has 0 bridgehead atoms. The van der Waals surface area contributed by atoms with Gasteiger partial charge in [0, 0.05) is 6.54 Å². The predicted octanol–water partition coefficient (Wildman–Crippen LogP) is 0.405. The van der Waals surface area contributed by atoms with Gasteiger partial charge in [0.2, 0.25) is 0 Å². The molecule has 4 nitrogen and oxygen atoms in total. The Morgan fingerprint density at radius 1 is 1.53 bits per heavy atom. The highest BCUT2D eigenvalue weighted by Crippen LogP contribution is 2.18. The number of rotatable bonds is 5. The molecule has 15 heavy (non-hydrogen) atoms. The summed E-state index contributed by atoms with van der Waals surface area (Å²) in [5.74, 6) is -0.757. The van der Waals surface area contributed by atoms with E-state index in [9.17, 15) is 18.0 Å². The lowest BCUT2D eigenvalue weighted by Gasteiger charge is -2.27. The number of halogens is 3. The van der Waals surface area contributed by atoms with Crippen molar-refractivity contribution in [2.45, 2.75) is 19.1 Å². The molecule has 7 heteroatoms. The highest BCUT2D eigenvalue weighted by Gasteiger charge is 2.34. The molecule has 0 aliphatic heterocycles. The largest absolute Gasteiger partial charge is 0.468 e. The quantitative estimate of drug-likeness (QED) is 0.693. The van der Waals surface area contributed by atoms with Crippen LogP contribution in [0.4, 0.5) is 13.2 Å². The molecule has 0 amide bonds. The summed E-state index contributed by atoms with van der Waals surface area (Å²) in [7, 11) is 1.10. The number of esters is 1. The van der Waals surface area contributed by atoms with Crippen molar-refractivity contribution >= 4 is 5.97 Å². The van der Waals surface area contributed by atoms with E-state index in [0.717, 1.165) is 12.0 Å². The maximum Gasteiger partial charge on any atom is 0.401 e. The van der Waals surface area contributed by atoms with Crippen molar-refractivity contribution in [3.63, 3.8) is 0 Å². The first-order valence-electron chi connectivity index (χ1n) is 4.31. The summed E-state index contributed by atoms with van der Waals surface area (Å²) in [5.41, 5.74) is 0. The number of nitrogens with zero attached hydrogens (tertiary/aromatic N) is 1. The second kappa shape index (κ2) is 5.92. The molecule has 0 fully saturated rings. The second-order valence-electron chi connectivity index (χ2n) is 3.01. The third kappa shape index (κ3) is 5.58. The first-order chi connectivity index (χ1) is 6.81. The topological polar surface area (TPSA) is 49.8 Å².